The maximum atomic E-state index is 12.5. The molecule has 3 nitrogen and oxygen atoms in total. The molecule has 0 aliphatic rings. The standard InChI is InChI=1S/C17H28N2OS/c1-5-12-18-15-11-9-8-10-14(15)16(20)19-13-17(6-2,7-3)21-4/h8-11,18H,5-7,12-13H2,1-4H3,(H,19,20). The lowest BCUT2D eigenvalue weighted by Gasteiger charge is -2.30. The first-order chi connectivity index (χ1) is 10.1. The fraction of sp³-hybridized carbons (Fsp3) is 0.588. The number of hydrogen-bond donors (Lipinski definition) is 2. The fourth-order valence-electron chi connectivity index (χ4n) is 2.29. The Balaban J connectivity index is 2.75. The molecule has 0 aliphatic carbocycles. The van der Waals surface area contributed by atoms with E-state index in [-0.39, 0.29) is 10.7 Å². The summed E-state index contributed by atoms with van der Waals surface area (Å²) in [4.78, 5) is 12.5. The summed E-state index contributed by atoms with van der Waals surface area (Å²) in [6.45, 7) is 8.07. The lowest BCUT2D eigenvalue weighted by Crippen LogP contribution is -2.39. The Bertz CT molecular complexity index is 436. The molecule has 1 aromatic carbocycles. The molecule has 1 amide bonds. The van der Waals surface area contributed by atoms with Crippen LogP contribution >= 0.6 is 11.8 Å². The predicted octanol–water partition coefficient (Wildman–Crippen LogP) is 4.16. The summed E-state index contributed by atoms with van der Waals surface area (Å²) in [5, 5.41) is 6.43. The molecule has 0 aliphatic heterocycles. The van der Waals surface area contributed by atoms with Crippen LogP contribution in [-0.2, 0) is 0 Å². The zero-order valence-electron chi connectivity index (χ0n) is 13.7. The van der Waals surface area contributed by atoms with Crippen molar-refractivity contribution in [3.05, 3.63) is 29.8 Å². The van der Waals surface area contributed by atoms with Gasteiger partial charge in [-0.2, -0.15) is 11.8 Å². The third kappa shape index (κ3) is 4.95. The molecule has 0 spiro atoms. The number of carbonyl (C=O) groups excluding carboxylic acids is 1. The van der Waals surface area contributed by atoms with E-state index in [0.717, 1.165) is 37.1 Å². The van der Waals surface area contributed by atoms with Gasteiger partial charge in [-0.25, -0.2) is 0 Å². The molecule has 0 aromatic heterocycles. The molecule has 0 heterocycles. The first-order valence-electron chi connectivity index (χ1n) is 7.78. The van der Waals surface area contributed by atoms with Crippen molar-refractivity contribution < 1.29 is 4.79 Å². The number of nitrogens with one attached hydrogen (secondary N) is 2. The van der Waals surface area contributed by atoms with Crippen molar-refractivity contribution >= 4 is 23.4 Å². The smallest absolute Gasteiger partial charge is 0.253 e. The lowest BCUT2D eigenvalue weighted by atomic mass is 10.0. The topological polar surface area (TPSA) is 41.1 Å². The second-order valence-electron chi connectivity index (χ2n) is 5.25. The van der Waals surface area contributed by atoms with Crippen LogP contribution in [0.2, 0.25) is 0 Å². The zero-order chi connectivity index (χ0) is 15.7. The van der Waals surface area contributed by atoms with Crippen LogP contribution in [-0.4, -0.2) is 30.0 Å². The lowest BCUT2D eigenvalue weighted by molar-refractivity contribution is 0.0949. The van der Waals surface area contributed by atoms with E-state index in [0.29, 0.717) is 6.54 Å². The molecule has 1 aromatic rings. The highest BCUT2D eigenvalue weighted by Crippen LogP contribution is 2.29. The molecule has 1 rings (SSSR count). The van der Waals surface area contributed by atoms with Gasteiger partial charge in [0.2, 0.25) is 0 Å². The summed E-state index contributed by atoms with van der Waals surface area (Å²) in [6, 6.07) is 7.71. The number of para-hydroxylation sites is 1. The number of carbonyl (C=O) groups is 1. The van der Waals surface area contributed by atoms with E-state index in [1.807, 2.05) is 36.0 Å². The van der Waals surface area contributed by atoms with Crippen molar-refractivity contribution in [2.75, 3.05) is 24.7 Å². The van der Waals surface area contributed by atoms with Gasteiger partial charge in [0.1, 0.15) is 0 Å². The highest BCUT2D eigenvalue weighted by molar-refractivity contribution is 8.00. The van der Waals surface area contributed by atoms with Gasteiger partial charge in [0.05, 0.1) is 5.56 Å². The first-order valence-corrected chi connectivity index (χ1v) is 9.01. The number of benzene rings is 1. The Morgan fingerprint density at radius 3 is 2.43 bits per heavy atom. The molecule has 0 atom stereocenters. The molecular weight excluding hydrogens is 280 g/mol. The Kier molecular flexibility index (Phi) is 7.65. The van der Waals surface area contributed by atoms with Gasteiger partial charge in [-0.3, -0.25) is 4.79 Å². The van der Waals surface area contributed by atoms with Gasteiger partial charge in [-0.1, -0.05) is 32.9 Å². The summed E-state index contributed by atoms with van der Waals surface area (Å²) in [5.41, 5.74) is 1.65. The van der Waals surface area contributed by atoms with Crippen molar-refractivity contribution in [3.63, 3.8) is 0 Å². The summed E-state index contributed by atoms with van der Waals surface area (Å²) >= 11 is 1.84. The van der Waals surface area contributed by atoms with Crippen LogP contribution in [0.4, 0.5) is 5.69 Å². The van der Waals surface area contributed by atoms with Gasteiger partial charge in [0.15, 0.2) is 0 Å². The third-order valence-electron chi connectivity index (χ3n) is 4.03. The monoisotopic (exact) mass is 308 g/mol. The van der Waals surface area contributed by atoms with E-state index in [2.05, 4.69) is 37.7 Å². The van der Waals surface area contributed by atoms with Crippen LogP contribution in [0.3, 0.4) is 0 Å². The van der Waals surface area contributed by atoms with Gasteiger partial charge in [0.25, 0.3) is 5.91 Å². The minimum Gasteiger partial charge on any atom is -0.384 e. The number of anilines is 1. The maximum absolute atomic E-state index is 12.5. The average molecular weight is 308 g/mol. The Morgan fingerprint density at radius 2 is 1.86 bits per heavy atom. The van der Waals surface area contributed by atoms with E-state index >= 15 is 0 Å². The first kappa shape index (κ1) is 17.9. The molecule has 0 fully saturated rings. The molecule has 0 unspecified atom stereocenters. The summed E-state index contributed by atoms with van der Waals surface area (Å²) in [5.74, 6) is 0.00882. The summed E-state index contributed by atoms with van der Waals surface area (Å²) in [6.07, 6.45) is 5.27. The number of thioether (sulfide) groups is 1. The van der Waals surface area contributed by atoms with Gasteiger partial charge in [-0.15, -0.1) is 0 Å². The molecule has 118 valence electrons. The zero-order valence-corrected chi connectivity index (χ0v) is 14.5. The van der Waals surface area contributed by atoms with Gasteiger partial charge in [-0.05, 0) is 37.7 Å². The Hall–Kier alpha value is -1.16. The summed E-state index contributed by atoms with van der Waals surface area (Å²) in [7, 11) is 0. The molecule has 21 heavy (non-hydrogen) atoms. The number of rotatable bonds is 9. The van der Waals surface area contributed by atoms with Gasteiger partial charge < -0.3 is 10.6 Å². The molecule has 0 saturated heterocycles. The van der Waals surface area contributed by atoms with Crippen molar-refractivity contribution in [3.8, 4) is 0 Å². The molecule has 0 saturated carbocycles. The fourth-order valence-corrected chi connectivity index (χ4v) is 3.09. The second-order valence-corrected chi connectivity index (χ2v) is 6.52. The molecule has 0 bridgehead atoms. The normalized spacial score (nSPS) is 11.2. The van der Waals surface area contributed by atoms with E-state index in [1.165, 1.54) is 0 Å². The SMILES string of the molecule is CCCNc1ccccc1C(=O)NCC(CC)(CC)SC. The Labute approximate surface area is 133 Å². The van der Waals surface area contributed by atoms with Crippen molar-refractivity contribution in [1.82, 2.24) is 5.32 Å². The molecule has 0 radical (unpaired) electrons. The average Bonchev–Trinajstić information content (AvgIpc) is 2.54. The second kappa shape index (κ2) is 8.98. The van der Waals surface area contributed by atoms with E-state index in [9.17, 15) is 4.79 Å². The van der Waals surface area contributed by atoms with E-state index in [1.54, 1.807) is 0 Å². The molecule has 4 heteroatoms. The molecule has 2 N–H and O–H groups in total. The molecular formula is C17H28N2OS. The maximum Gasteiger partial charge on any atom is 0.253 e. The highest BCUT2D eigenvalue weighted by atomic mass is 32.2. The minimum absolute atomic E-state index is 0.00882. The summed E-state index contributed by atoms with van der Waals surface area (Å²) < 4.78 is 0.140. The predicted molar refractivity (Wildman–Crippen MR) is 94.4 cm³/mol. The van der Waals surface area contributed by atoms with Crippen LogP contribution in [0.5, 0.6) is 0 Å². The van der Waals surface area contributed by atoms with Crippen molar-refractivity contribution in [2.24, 2.45) is 0 Å². The van der Waals surface area contributed by atoms with Crippen molar-refractivity contribution in [1.29, 1.82) is 0 Å². The van der Waals surface area contributed by atoms with Crippen LogP contribution in [0.25, 0.3) is 0 Å². The van der Waals surface area contributed by atoms with Gasteiger partial charge in [0, 0.05) is 23.5 Å². The minimum atomic E-state index is 0.00882. The Morgan fingerprint density at radius 1 is 1.19 bits per heavy atom. The van der Waals surface area contributed by atoms with Crippen LogP contribution in [0, 0.1) is 0 Å². The number of hydrogen-bond acceptors (Lipinski definition) is 3. The van der Waals surface area contributed by atoms with Crippen LogP contribution < -0.4 is 10.6 Å². The highest BCUT2D eigenvalue weighted by Gasteiger charge is 2.25. The van der Waals surface area contributed by atoms with Gasteiger partial charge >= 0.3 is 0 Å². The largest absolute Gasteiger partial charge is 0.384 e. The van der Waals surface area contributed by atoms with Crippen molar-refractivity contribution in [2.45, 2.75) is 44.8 Å². The number of amides is 1. The third-order valence-corrected chi connectivity index (χ3v) is 5.62. The van der Waals surface area contributed by atoms with E-state index < -0.39 is 0 Å². The van der Waals surface area contributed by atoms with E-state index in [4.69, 9.17) is 0 Å². The van der Waals surface area contributed by atoms with Crippen LogP contribution in [0.15, 0.2) is 24.3 Å². The quantitative estimate of drug-likeness (QED) is 0.719. The van der Waals surface area contributed by atoms with Crippen LogP contribution in [0.1, 0.15) is 50.4 Å².